The van der Waals surface area contributed by atoms with E-state index in [0.717, 1.165) is 12.8 Å². The van der Waals surface area contributed by atoms with Crippen LogP contribution in [0.25, 0.3) is 0 Å². The predicted molar refractivity (Wildman–Crippen MR) is 108 cm³/mol. The minimum Gasteiger partial charge on any atom is -0.356 e. The number of methoxy groups -OCH3 is 1. The van der Waals surface area contributed by atoms with Crippen LogP contribution in [-0.4, -0.2) is 43.3 Å². The number of hydrogen-bond acceptors (Lipinski definition) is 5. The molecule has 0 aromatic carbocycles. The van der Waals surface area contributed by atoms with Gasteiger partial charge in [-0.3, -0.25) is 0 Å². The fourth-order valence-corrected chi connectivity index (χ4v) is 3.42. The first-order valence-electron chi connectivity index (χ1n) is 10.2. The Morgan fingerprint density at radius 2 is 1.11 bits per heavy atom. The second kappa shape index (κ2) is 8.66. The normalized spacial score (nSPS) is 33.8. The molecule has 0 bridgehead atoms. The summed E-state index contributed by atoms with van der Waals surface area (Å²) < 4.78 is 28.3. The molecule has 0 saturated carbocycles. The Balaban J connectivity index is 0.000000271. The predicted octanol–water partition coefficient (Wildman–Crippen LogP) is 5.51. The lowest BCUT2D eigenvalue weighted by molar-refractivity contribution is -0.358. The molecule has 27 heavy (non-hydrogen) atoms. The van der Waals surface area contributed by atoms with Gasteiger partial charge in [0.25, 0.3) is 0 Å². The Hall–Kier alpha value is -0.200. The van der Waals surface area contributed by atoms with Crippen LogP contribution in [-0.2, 0) is 23.7 Å². The van der Waals surface area contributed by atoms with E-state index in [0.29, 0.717) is 12.2 Å². The van der Waals surface area contributed by atoms with Gasteiger partial charge >= 0.3 is 0 Å². The first kappa shape index (κ1) is 24.8. The summed E-state index contributed by atoms with van der Waals surface area (Å²) in [5, 5.41) is 0. The molecule has 0 amide bonds. The third kappa shape index (κ3) is 8.36. The van der Waals surface area contributed by atoms with Crippen molar-refractivity contribution in [2.24, 2.45) is 10.8 Å². The average Bonchev–Trinajstić information content (AvgIpc) is 2.42. The summed E-state index contributed by atoms with van der Waals surface area (Å²) in [5.74, 6) is -0.966. The maximum absolute atomic E-state index is 5.89. The smallest absolute Gasteiger partial charge is 0.166 e. The largest absolute Gasteiger partial charge is 0.356 e. The minimum absolute atomic E-state index is 0.123. The maximum atomic E-state index is 5.89. The van der Waals surface area contributed by atoms with Crippen molar-refractivity contribution in [3.63, 3.8) is 0 Å². The molecule has 2 heterocycles. The van der Waals surface area contributed by atoms with E-state index < -0.39 is 11.6 Å². The van der Waals surface area contributed by atoms with Crippen molar-refractivity contribution < 1.29 is 23.7 Å². The molecule has 4 unspecified atom stereocenters. The summed E-state index contributed by atoms with van der Waals surface area (Å²) >= 11 is 0. The lowest BCUT2D eigenvalue weighted by Gasteiger charge is -2.44. The first-order chi connectivity index (χ1) is 12.0. The van der Waals surface area contributed by atoms with Crippen LogP contribution in [0.1, 0.15) is 89.0 Å². The quantitative estimate of drug-likeness (QED) is 0.593. The van der Waals surface area contributed by atoms with E-state index in [1.807, 2.05) is 27.7 Å². The lowest BCUT2D eigenvalue weighted by atomic mass is 9.85. The van der Waals surface area contributed by atoms with E-state index in [9.17, 15) is 0 Å². The number of hydrogen-bond donors (Lipinski definition) is 0. The second-order valence-corrected chi connectivity index (χ2v) is 10.9. The summed E-state index contributed by atoms with van der Waals surface area (Å²) in [6.07, 6.45) is 2.41. The Morgan fingerprint density at radius 1 is 0.704 bits per heavy atom. The molecule has 5 heteroatoms. The number of ether oxygens (including phenoxy) is 5. The van der Waals surface area contributed by atoms with Crippen LogP contribution < -0.4 is 0 Å². The molecule has 2 saturated heterocycles. The Morgan fingerprint density at radius 3 is 1.48 bits per heavy atom. The molecule has 2 rings (SSSR count). The Labute approximate surface area is 167 Å². The Kier molecular flexibility index (Phi) is 7.97. The molecule has 0 spiro atoms. The zero-order valence-electron chi connectivity index (χ0n) is 19.8. The van der Waals surface area contributed by atoms with Gasteiger partial charge in [-0.1, -0.05) is 41.5 Å². The van der Waals surface area contributed by atoms with Crippen molar-refractivity contribution in [3.05, 3.63) is 0 Å². The molecule has 2 aliphatic heterocycles. The highest BCUT2D eigenvalue weighted by Gasteiger charge is 2.41. The van der Waals surface area contributed by atoms with Crippen molar-refractivity contribution in [1.82, 2.24) is 0 Å². The standard InChI is InChI=1S/C11H22O3.C11H22O2/c1-10(2,3)8-7-9(12-6)14-11(4,5)13-8;1-8-7-9(10(2,3)4)13-11(5,6)12-8/h8-9H,7H2,1-6H3;8-9H,7H2,1-6H3. The summed E-state index contributed by atoms with van der Waals surface area (Å²) in [6.45, 7) is 23.1. The van der Waals surface area contributed by atoms with Crippen molar-refractivity contribution >= 4 is 0 Å². The third-order valence-electron chi connectivity index (χ3n) is 4.90. The maximum Gasteiger partial charge on any atom is 0.166 e. The van der Waals surface area contributed by atoms with Crippen LogP contribution in [0.5, 0.6) is 0 Å². The summed E-state index contributed by atoms with van der Waals surface area (Å²) in [4.78, 5) is 0. The van der Waals surface area contributed by atoms with Crippen LogP contribution in [0.4, 0.5) is 0 Å². The fraction of sp³-hybridized carbons (Fsp3) is 1.00. The molecular formula is C22H44O5. The van der Waals surface area contributed by atoms with Crippen LogP contribution >= 0.6 is 0 Å². The summed E-state index contributed by atoms with van der Waals surface area (Å²) in [6, 6.07) is 0. The van der Waals surface area contributed by atoms with Gasteiger partial charge in [-0.25, -0.2) is 0 Å². The third-order valence-corrected chi connectivity index (χ3v) is 4.90. The summed E-state index contributed by atoms with van der Waals surface area (Å²) in [5.41, 5.74) is 0.327. The average molecular weight is 389 g/mol. The zero-order chi connectivity index (χ0) is 21.3. The monoisotopic (exact) mass is 388 g/mol. The van der Waals surface area contributed by atoms with Gasteiger partial charge in [0.05, 0.1) is 18.3 Å². The fourth-order valence-electron chi connectivity index (χ4n) is 3.42. The van der Waals surface area contributed by atoms with Gasteiger partial charge in [0.1, 0.15) is 0 Å². The van der Waals surface area contributed by atoms with Gasteiger partial charge in [0.15, 0.2) is 17.9 Å². The van der Waals surface area contributed by atoms with Crippen LogP contribution in [0, 0.1) is 10.8 Å². The first-order valence-corrected chi connectivity index (χ1v) is 10.2. The van der Waals surface area contributed by atoms with Gasteiger partial charge in [-0.05, 0) is 45.4 Å². The van der Waals surface area contributed by atoms with Crippen molar-refractivity contribution in [3.8, 4) is 0 Å². The Bertz CT molecular complexity index is 458. The highest BCUT2D eigenvalue weighted by Crippen LogP contribution is 2.36. The molecule has 0 N–H and O–H groups in total. The number of rotatable bonds is 1. The van der Waals surface area contributed by atoms with Crippen molar-refractivity contribution in [2.45, 2.75) is 125 Å². The molecule has 2 aliphatic rings. The van der Waals surface area contributed by atoms with E-state index in [2.05, 4.69) is 48.5 Å². The molecule has 4 atom stereocenters. The van der Waals surface area contributed by atoms with Gasteiger partial charge < -0.3 is 23.7 Å². The van der Waals surface area contributed by atoms with Gasteiger partial charge in [0, 0.05) is 20.0 Å². The molecule has 5 nitrogen and oxygen atoms in total. The van der Waals surface area contributed by atoms with E-state index in [1.54, 1.807) is 7.11 Å². The van der Waals surface area contributed by atoms with E-state index in [4.69, 9.17) is 23.7 Å². The van der Waals surface area contributed by atoms with Crippen LogP contribution in [0.2, 0.25) is 0 Å². The van der Waals surface area contributed by atoms with Crippen LogP contribution in [0.3, 0.4) is 0 Å². The molecule has 162 valence electrons. The van der Waals surface area contributed by atoms with E-state index in [1.165, 1.54) is 0 Å². The summed E-state index contributed by atoms with van der Waals surface area (Å²) in [7, 11) is 1.67. The van der Waals surface area contributed by atoms with Crippen molar-refractivity contribution in [1.29, 1.82) is 0 Å². The topological polar surface area (TPSA) is 46.2 Å². The highest BCUT2D eigenvalue weighted by molar-refractivity contribution is 4.83. The van der Waals surface area contributed by atoms with Crippen LogP contribution in [0.15, 0.2) is 0 Å². The van der Waals surface area contributed by atoms with Gasteiger partial charge in [0.2, 0.25) is 0 Å². The van der Waals surface area contributed by atoms with Crippen molar-refractivity contribution in [2.75, 3.05) is 7.11 Å². The molecule has 0 aromatic rings. The second-order valence-electron chi connectivity index (χ2n) is 10.9. The molecule has 0 aromatic heterocycles. The van der Waals surface area contributed by atoms with E-state index >= 15 is 0 Å². The molecule has 0 radical (unpaired) electrons. The van der Waals surface area contributed by atoms with Gasteiger partial charge in [-0.15, -0.1) is 0 Å². The molecule has 2 fully saturated rings. The van der Waals surface area contributed by atoms with E-state index in [-0.39, 0.29) is 23.2 Å². The van der Waals surface area contributed by atoms with Gasteiger partial charge in [-0.2, -0.15) is 0 Å². The zero-order valence-corrected chi connectivity index (χ0v) is 19.8. The lowest BCUT2D eigenvalue weighted by Crippen LogP contribution is -2.49. The highest BCUT2D eigenvalue weighted by atomic mass is 16.8. The minimum atomic E-state index is -0.545. The molecule has 0 aliphatic carbocycles. The molecular weight excluding hydrogens is 344 g/mol. The SMILES string of the molecule is CC1CC(C(C)(C)C)OC(C)(C)O1.COC1CC(C(C)(C)C)OC(C)(C)O1.